The van der Waals surface area contributed by atoms with Crippen LogP contribution in [0.1, 0.15) is 13.8 Å². The van der Waals surface area contributed by atoms with Crippen molar-refractivity contribution >= 4 is 20.0 Å². The van der Waals surface area contributed by atoms with E-state index >= 15 is 0 Å². The molecule has 14 heteroatoms. The summed E-state index contributed by atoms with van der Waals surface area (Å²) in [5.41, 5.74) is -7.18. The molecule has 0 radical (unpaired) electrons. The van der Waals surface area contributed by atoms with E-state index in [4.69, 9.17) is 5.73 Å². The molecular formula is C5H10F6N2O4S2. The minimum Gasteiger partial charge on any atom is -0.328 e. The van der Waals surface area contributed by atoms with E-state index in [-0.39, 0.29) is 0 Å². The Kier molecular flexibility index (Phi) is 6.80. The van der Waals surface area contributed by atoms with E-state index in [1.54, 1.807) is 0 Å². The maximum absolute atomic E-state index is 11.5. The van der Waals surface area contributed by atoms with E-state index in [1.165, 1.54) is 0 Å². The first kappa shape index (κ1) is 20.7. The summed E-state index contributed by atoms with van der Waals surface area (Å²) < 4.78 is 108. The molecule has 0 rings (SSSR count). The Bertz CT molecular complexity index is 432. The molecule has 0 saturated heterocycles. The first-order valence-electron chi connectivity index (χ1n) is 4.11. The normalized spacial score (nSPS) is 14.0. The van der Waals surface area contributed by atoms with Crippen LogP contribution in [-0.2, 0) is 20.0 Å². The summed E-state index contributed by atoms with van der Waals surface area (Å²) in [7, 11) is -13.2. The van der Waals surface area contributed by atoms with Gasteiger partial charge in [0.15, 0.2) is 0 Å². The molecule has 0 amide bonds. The van der Waals surface area contributed by atoms with Gasteiger partial charge in [0.2, 0.25) is 0 Å². The quantitative estimate of drug-likeness (QED) is 0.717. The van der Waals surface area contributed by atoms with Gasteiger partial charge < -0.3 is 5.73 Å². The third-order valence-electron chi connectivity index (χ3n) is 0.829. The zero-order valence-corrected chi connectivity index (χ0v) is 11.0. The van der Waals surface area contributed by atoms with Crippen LogP contribution in [0, 0.1) is 0 Å². The van der Waals surface area contributed by atoms with Gasteiger partial charge in [0.25, 0.3) is 0 Å². The predicted octanol–water partition coefficient (Wildman–Crippen LogP) is 0.629. The molecule has 0 aromatic carbocycles. The molecule has 0 bridgehead atoms. The smallest absolute Gasteiger partial charge is 0.328 e. The Morgan fingerprint density at radius 2 is 1.00 bits per heavy atom. The fraction of sp³-hybridized carbons (Fsp3) is 1.00. The fourth-order valence-electron chi connectivity index (χ4n) is 0.239. The third kappa shape index (κ3) is 7.54. The number of hydrogen-bond acceptors (Lipinski definition) is 5. The van der Waals surface area contributed by atoms with E-state index in [0.717, 1.165) is 0 Å². The molecule has 0 saturated carbocycles. The minimum absolute atomic E-state index is 0.333. The van der Waals surface area contributed by atoms with Gasteiger partial charge in [-0.1, -0.05) is 18.0 Å². The molecule has 6 nitrogen and oxygen atoms in total. The van der Waals surface area contributed by atoms with Gasteiger partial charge in [-0.05, 0) is 6.04 Å². The Morgan fingerprint density at radius 3 is 1.11 bits per heavy atom. The Labute approximate surface area is 105 Å². The van der Waals surface area contributed by atoms with Crippen LogP contribution in [0.3, 0.4) is 0 Å². The van der Waals surface area contributed by atoms with Crippen molar-refractivity contribution in [3.63, 3.8) is 0 Å². The van der Waals surface area contributed by atoms with Gasteiger partial charge in [0.1, 0.15) is 0 Å². The van der Waals surface area contributed by atoms with E-state index < -0.39 is 35.2 Å². The fourth-order valence-corrected chi connectivity index (χ4v) is 2.15. The summed E-state index contributed by atoms with van der Waals surface area (Å²) in [5.74, 6) is 0. The number of halogens is 6. The molecule has 0 spiro atoms. The number of nitrogens with two attached hydrogens (primary N) is 1. The second-order valence-corrected chi connectivity index (χ2v) is 6.83. The second kappa shape index (κ2) is 6.23. The van der Waals surface area contributed by atoms with Gasteiger partial charge in [-0.3, -0.25) is 0 Å². The van der Waals surface area contributed by atoms with Gasteiger partial charge >= 0.3 is 31.1 Å². The summed E-state index contributed by atoms with van der Waals surface area (Å²) in [6.07, 6.45) is 0. The average molecular weight is 340 g/mol. The van der Waals surface area contributed by atoms with E-state index in [2.05, 4.69) is 0 Å². The van der Waals surface area contributed by atoms with Crippen molar-refractivity contribution in [1.29, 1.82) is 0 Å². The van der Waals surface area contributed by atoms with Gasteiger partial charge in [-0.2, -0.15) is 26.3 Å². The van der Waals surface area contributed by atoms with Crippen molar-refractivity contribution < 1.29 is 43.2 Å². The molecule has 19 heavy (non-hydrogen) atoms. The predicted molar refractivity (Wildman–Crippen MR) is 52.4 cm³/mol. The van der Waals surface area contributed by atoms with E-state index in [0.29, 0.717) is 6.04 Å². The van der Waals surface area contributed by atoms with Gasteiger partial charge in [-0.15, -0.1) is 0 Å². The highest BCUT2D eigenvalue weighted by Crippen LogP contribution is 2.27. The van der Waals surface area contributed by atoms with Crippen LogP contribution in [0.25, 0.3) is 0 Å². The molecular weight excluding hydrogens is 330 g/mol. The maximum atomic E-state index is 11.5. The van der Waals surface area contributed by atoms with Crippen LogP contribution in [0.15, 0.2) is 0 Å². The molecule has 0 unspecified atom stereocenters. The van der Waals surface area contributed by atoms with Crippen molar-refractivity contribution in [3.8, 4) is 0 Å². The lowest BCUT2D eigenvalue weighted by atomic mass is 10.5. The van der Waals surface area contributed by atoms with Crippen molar-refractivity contribution in [2.75, 3.05) is 0 Å². The Morgan fingerprint density at radius 1 is 0.842 bits per heavy atom. The van der Waals surface area contributed by atoms with Crippen molar-refractivity contribution in [2.45, 2.75) is 30.9 Å². The monoisotopic (exact) mass is 340 g/mol. The molecule has 0 heterocycles. The first-order valence-corrected chi connectivity index (χ1v) is 7.07. The standard InChI is InChI=1S/C3H9N.C2HF6NO4S2/c1-3(2)4;3-1(4,5)14(10,11)9-15(12,13)2(6,7)8/h3H,4H2,1-2H3;9H. The van der Waals surface area contributed by atoms with Crippen LogP contribution < -0.4 is 9.86 Å². The van der Waals surface area contributed by atoms with Crippen molar-refractivity contribution in [1.82, 2.24) is 4.13 Å². The Balaban J connectivity index is 0. The molecule has 0 aliphatic carbocycles. The molecule has 0 aliphatic rings. The molecule has 0 aliphatic heterocycles. The molecule has 0 fully saturated rings. The highest BCUT2D eigenvalue weighted by atomic mass is 32.3. The van der Waals surface area contributed by atoms with Gasteiger partial charge in [0, 0.05) is 0 Å². The Hall–Kier alpha value is -0.600. The molecule has 3 N–H and O–H groups in total. The first-order chi connectivity index (χ1) is 7.94. The third-order valence-corrected chi connectivity index (χ3v) is 3.80. The van der Waals surface area contributed by atoms with Crippen LogP contribution in [0.5, 0.6) is 0 Å². The van der Waals surface area contributed by atoms with Crippen LogP contribution in [-0.4, -0.2) is 33.9 Å². The van der Waals surface area contributed by atoms with Crippen molar-refractivity contribution in [3.05, 3.63) is 0 Å². The highest BCUT2D eigenvalue weighted by molar-refractivity contribution is 8.05. The number of hydrogen-bond donors (Lipinski definition) is 2. The zero-order valence-electron chi connectivity index (χ0n) is 9.37. The summed E-state index contributed by atoms with van der Waals surface area (Å²) in [6, 6.07) is 0.333. The van der Waals surface area contributed by atoms with E-state index in [9.17, 15) is 43.2 Å². The summed E-state index contributed by atoms with van der Waals surface area (Å²) in [6.45, 7) is 3.89. The average Bonchev–Trinajstić information content (AvgIpc) is 1.94. The van der Waals surface area contributed by atoms with Crippen LogP contribution in [0.2, 0.25) is 0 Å². The second-order valence-electron chi connectivity index (χ2n) is 3.23. The minimum atomic E-state index is -6.60. The molecule has 0 atom stereocenters. The van der Waals surface area contributed by atoms with Crippen LogP contribution >= 0.6 is 0 Å². The lowest BCUT2D eigenvalue weighted by molar-refractivity contribution is -0.0476. The highest BCUT2D eigenvalue weighted by Gasteiger charge is 2.55. The number of alkyl halides is 6. The summed E-state index contributed by atoms with van der Waals surface area (Å²) in [5, 5.41) is 0. The lowest BCUT2D eigenvalue weighted by Gasteiger charge is -2.11. The topological polar surface area (TPSA) is 106 Å². The molecule has 118 valence electrons. The largest absolute Gasteiger partial charge is 0.512 e. The number of nitrogens with one attached hydrogen (secondary N) is 1. The SMILES string of the molecule is CC(C)N.O=S(=O)(NS(=O)(=O)C(F)(F)F)C(F)(F)F. The zero-order chi connectivity index (χ0) is 16.3. The van der Waals surface area contributed by atoms with Crippen molar-refractivity contribution in [2.24, 2.45) is 5.73 Å². The van der Waals surface area contributed by atoms with Gasteiger partial charge in [0.05, 0.1) is 0 Å². The molecule has 0 aromatic rings. The maximum Gasteiger partial charge on any atom is 0.512 e. The summed E-state index contributed by atoms with van der Waals surface area (Å²) >= 11 is 0. The lowest BCUT2D eigenvalue weighted by Crippen LogP contribution is -2.45. The summed E-state index contributed by atoms with van der Waals surface area (Å²) in [4.78, 5) is 0. The number of sulfonamides is 2. The number of rotatable bonds is 2. The van der Waals surface area contributed by atoms with Gasteiger partial charge in [-0.25, -0.2) is 16.8 Å². The molecule has 0 aromatic heterocycles. The van der Waals surface area contributed by atoms with Crippen LogP contribution in [0.4, 0.5) is 26.3 Å². The van der Waals surface area contributed by atoms with E-state index in [1.807, 2.05) is 13.8 Å².